The van der Waals surface area contributed by atoms with Crippen LogP contribution in [0.1, 0.15) is 48.5 Å². The molecule has 0 amide bonds. The van der Waals surface area contributed by atoms with E-state index < -0.39 is 5.60 Å². The molecule has 0 aromatic rings. The van der Waals surface area contributed by atoms with Crippen molar-refractivity contribution in [2.24, 2.45) is 17.3 Å². The Hall–Kier alpha value is -0.340. The maximum Gasteiger partial charge on any atom is 0.0900 e. The van der Waals surface area contributed by atoms with Crippen LogP contribution < -0.4 is 0 Å². The summed E-state index contributed by atoms with van der Waals surface area (Å²) in [6.45, 7) is 14.8. The molecule has 0 spiro atoms. The summed E-state index contributed by atoms with van der Waals surface area (Å²) in [5, 5.41) is 11.3. The van der Waals surface area contributed by atoms with Crippen molar-refractivity contribution in [3.8, 4) is 0 Å². The number of ether oxygens (including phenoxy) is 1. The first-order chi connectivity index (χ1) is 7.47. The highest BCUT2D eigenvalue weighted by Gasteiger charge is 2.65. The minimum absolute atomic E-state index is 0.0804. The van der Waals surface area contributed by atoms with Crippen LogP contribution >= 0.6 is 0 Å². The van der Waals surface area contributed by atoms with E-state index in [2.05, 4.69) is 60.6 Å². The Kier molecular flexibility index (Phi) is 2.43. The van der Waals surface area contributed by atoms with Crippen molar-refractivity contribution in [3.63, 3.8) is 0 Å². The van der Waals surface area contributed by atoms with Crippen LogP contribution in [0.15, 0.2) is 12.2 Å². The van der Waals surface area contributed by atoms with Gasteiger partial charge in [0.15, 0.2) is 0 Å². The maximum absolute atomic E-state index is 11.3. The van der Waals surface area contributed by atoms with Crippen LogP contribution in [0, 0.1) is 17.3 Å². The van der Waals surface area contributed by atoms with Crippen LogP contribution in [-0.2, 0) is 4.74 Å². The fourth-order valence-electron chi connectivity index (χ4n) is 3.89. The summed E-state index contributed by atoms with van der Waals surface area (Å²) in [5.74, 6) is 0.161. The van der Waals surface area contributed by atoms with Crippen molar-refractivity contribution in [3.05, 3.63) is 12.2 Å². The predicted molar refractivity (Wildman–Crippen MR) is 69.8 cm³/mol. The molecule has 0 aliphatic carbocycles. The summed E-state index contributed by atoms with van der Waals surface area (Å²) in [6, 6.07) is 0. The number of hydrogen-bond acceptors (Lipinski definition) is 2. The first-order valence-corrected chi connectivity index (χ1v) is 6.60. The summed E-state index contributed by atoms with van der Waals surface area (Å²) in [5.41, 5.74) is -1.57. The lowest BCUT2D eigenvalue weighted by Gasteiger charge is -2.60. The minimum Gasteiger partial charge on any atom is -0.389 e. The number of rotatable bonds is 0. The van der Waals surface area contributed by atoms with Crippen molar-refractivity contribution in [2.75, 3.05) is 0 Å². The molecule has 0 saturated carbocycles. The zero-order valence-corrected chi connectivity index (χ0v) is 12.2. The van der Waals surface area contributed by atoms with Crippen molar-refractivity contribution < 1.29 is 9.84 Å². The van der Waals surface area contributed by atoms with Gasteiger partial charge in [-0.3, -0.25) is 0 Å². The molecule has 17 heavy (non-hydrogen) atoms. The van der Waals surface area contributed by atoms with Gasteiger partial charge in [0, 0.05) is 11.8 Å². The third kappa shape index (κ3) is 1.40. The lowest BCUT2D eigenvalue weighted by atomic mass is 9.56. The molecule has 5 atom stereocenters. The van der Waals surface area contributed by atoms with E-state index in [1.54, 1.807) is 0 Å². The Morgan fingerprint density at radius 3 is 1.65 bits per heavy atom. The maximum atomic E-state index is 11.3. The van der Waals surface area contributed by atoms with Gasteiger partial charge < -0.3 is 9.84 Å². The molecule has 0 aromatic heterocycles. The van der Waals surface area contributed by atoms with Crippen molar-refractivity contribution in [2.45, 2.75) is 65.3 Å². The van der Waals surface area contributed by atoms with Gasteiger partial charge in [-0.05, 0) is 19.3 Å². The van der Waals surface area contributed by atoms with Gasteiger partial charge in [0.2, 0.25) is 0 Å². The molecule has 2 rings (SSSR count). The van der Waals surface area contributed by atoms with Gasteiger partial charge in [-0.15, -0.1) is 0 Å². The summed E-state index contributed by atoms with van der Waals surface area (Å²) < 4.78 is 6.22. The van der Waals surface area contributed by atoms with Crippen molar-refractivity contribution in [1.82, 2.24) is 0 Å². The number of fused-ring (bicyclic) bond motifs is 2. The molecule has 1 saturated heterocycles. The van der Waals surface area contributed by atoms with Crippen LogP contribution in [0.3, 0.4) is 0 Å². The molecule has 2 aliphatic rings. The van der Waals surface area contributed by atoms with Crippen LogP contribution in [0.25, 0.3) is 0 Å². The molecule has 1 fully saturated rings. The SMILES string of the molecule is C[C@H]1C2(C)C=C[C@](C)(O2)[C@@H](C)[C@]1(O)C(C)(C)C. The Labute approximate surface area is 105 Å². The van der Waals surface area contributed by atoms with Gasteiger partial charge in [-0.2, -0.15) is 0 Å². The summed E-state index contributed by atoms with van der Waals surface area (Å²) in [6.07, 6.45) is 4.27. The molecular weight excluding hydrogens is 212 g/mol. The second-order valence-corrected chi connectivity index (χ2v) is 7.32. The Balaban J connectivity index is 2.57. The standard InChI is InChI=1S/C15H26O2/c1-10-13(6)8-9-14(7,17-13)11(2)15(10,16)12(3,4)5/h8-11,16H,1-7H3/t10-,11+,13+,14?,15-/m1/s1. The highest BCUT2D eigenvalue weighted by Crippen LogP contribution is 2.58. The molecule has 2 heteroatoms. The van der Waals surface area contributed by atoms with E-state index in [4.69, 9.17) is 4.74 Å². The fraction of sp³-hybridized carbons (Fsp3) is 0.867. The topological polar surface area (TPSA) is 29.5 Å². The molecule has 1 N–H and O–H groups in total. The molecule has 2 bridgehead atoms. The summed E-state index contributed by atoms with van der Waals surface area (Å²) >= 11 is 0. The van der Waals surface area contributed by atoms with Crippen LogP contribution in [0.2, 0.25) is 0 Å². The second kappa shape index (κ2) is 3.16. The summed E-state index contributed by atoms with van der Waals surface area (Å²) in [7, 11) is 0. The van der Waals surface area contributed by atoms with E-state index in [0.29, 0.717) is 0 Å². The highest BCUT2D eigenvalue weighted by atomic mass is 16.5. The van der Waals surface area contributed by atoms with Crippen molar-refractivity contribution in [1.29, 1.82) is 0 Å². The fourth-order valence-corrected chi connectivity index (χ4v) is 3.89. The van der Waals surface area contributed by atoms with E-state index in [9.17, 15) is 5.11 Å². The average Bonchev–Trinajstić information content (AvgIpc) is 2.49. The van der Waals surface area contributed by atoms with Crippen LogP contribution in [0.4, 0.5) is 0 Å². The van der Waals surface area contributed by atoms with Gasteiger partial charge in [0.25, 0.3) is 0 Å². The van der Waals surface area contributed by atoms with Crippen molar-refractivity contribution >= 4 is 0 Å². The molecule has 0 radical (unpaired) electrons. The molecule has 98 valence electrons. The normalized spacial score (nSPS) is 54.1. The first kappa shape index (κ1) is 13.1. The zero-order chi connectivity index (χ0) is 13.3. The van der Waals surface area contributed by atoms with E-state index >= 15 is 0 Å². The summed E-state index contributed by atoms with van der Waals surface area (Å²) in [4.78, 5) is 0. The lowest BCUT2D eigenvalue weighted by Crippen LogP contribution is -2.68. The van der Waals surface area contributed by atoms with Gasteiger partial charge in [0.05, 0.1) is 16.8 Å². The Morgan fingerprint density at radius 1 is 1.00 bits per heavy atom. The van der Waals surface area contributed by atoms with E-state index in [-0.39, 0.29) is 28.5 Å². The predicted octanol–water partition coefficient (Wildman–Crippen LogP) is 3.15. The monoisotopic (exact) mass is 238 g/mol. The second-order valence-electron chi connectivity index (χ2n) is 7.32. The molecule has 2 aliphatic heterocycles. The van der Waals surface area contributed by atoms with E-state index in [1.165, 1.54) is 0 Å². The minimum atomic E-state index is -0.724. The average molecular weight is 238 g/mol. The van der Waals surface area contributed by atoms with Crippen LogP contribution in [0.5, 0.6) is 0 Å². The first-order valence-electron chi connectivity index (χ1n) is 6.60. The van der Waals surface area contributed by atoms with Crippen LogP contribution in [-0.4, -0.2) is 21.9 Å². The van der Waals surface area contributed by atoms with Gasteiger partial charge in [-0.1, -0.05) is 46.8 Å². The Bertz CT molecular complexity index is 342. The number of aliphatic hydroxyl groups is 1. The number of hydrogen-bond donors (Lipinski definition) is 1. The largest absolute Gasteiger partial charge is 0.389 e. The quantitative estimate of drug-likeness (QED) is 0.657. The molecule has 2 nitrogen and oxygen atoms in total. The van der Waals surface area contributed by atoms with Gasteiger partial charge in [0.1, 0.15) is 0 Å². The molecular formula is C15H26O2. The highest BCUT2D eigenvalue weighted by molar-refractivity contribution is 5.28. The van der Waals surface area contributed by atoms with E-state index in [1.807, 2.05) is 0 Å². The third-order valence-corrected chi connectivity index (χ3v) is 5.43. The Morgan fingerprint density at radius 2 is 1.35 bits per heavy atom. The molecule has 2 heterocycles. The van der Waals surface area contributed by atoms with Gasteiger partial charge >= 0.3 is 0 Å². The third-order valence-electron chi connectivity index (χ3n) is 5.43. The van der Waals surface area contributed by atoms with Gasteiger partial charge in [-0.25, -0.2) is 0 Å². The molecule has 0 aromatic carbocycles. The zero-order valence-electron chi connectivity index (χ0n) is 12.2. The lowest BCUT2D eigenvalue weighted by molar-refractivity contribution is -0.282. The van der Waals surface area contributed by atoms with E-state index in [0.717, 1.165) is 0 Å². The smallest absolute Gasteiger partial charge is 0.0900 e. The molecule has 1 unspecified atom stereocenters.